The molecule has 20 heavy (non-hydrogen) atoms. The minimum absolute atomic E-state index is 0.178. The van der Waals surface area contributed by atoms with Gasteiger partial charge >= 0.3 is 0 Å². The van der Waals surface area contributed by atoms with E-state index in [-0.39, 0.29) is 16.9 Å². The Morgan fingerprint density at radius 3 is 2.50 bits per heavy atom. The second-order valence-electron chi connectivity index (χ2n) is 4.68. The van der Waals surface area contributed by atoms with E-state index in [1.807, 2.05) is 13.8 Å². The number of imide groups is 1. The van der Waals surface area contributed by atoms with Crippen molar-refractivity contribution in [2.45, 2.75) is 26.7 Å². The first-order valence-electron chi connectivity index (χ1n) is 6.58. The highest BCUT2D eigenvalue weighted by atomic mass is 32.2. The summed E-state index contributed by atoms with van der Waals surface area (Å²) in [4.78, 5) is 26.0. The van der Waals surface area contributed by atoms with Gasteiger partial charge in [0, 0.05) is 6.54 Å². The number of thioether (sulfide) groups is 1. The molecule has 1 N–H and O–H groups in total. The quantitative estimate of drug-likeness (QED) is 0.861. The number of carbonyl (C=O) groups excluding carboxylic acids is 2. The first-order valence-corrected chi connectivity index (χ1v) is 7.40. The largest absolute Gasteiger partial charge is 0.508 e. The topological polar surface area (TPSA) is 57.6 Å². The van der Waals surface area contributed by atoms with Crippen LogP contribution in [0.1, 0.15) is 32.3 Å². The average Bonchev–Trinajstić information content (AvgIpc) is 2.72. The van der Waals surface area contributed by atoms with Crippen LogP contribution in [0.25, 0.3) is 5.57 Å². The van der Waals surface area contributed by atoms with Crippen molar-refractivity contribution in [1.82, 2.24) is 4.90 Å². The lowest BCUT2D eigenvalue weighted by Crippen LogP contribution is -2.29. The molecule has 1 aromatic carbocycles. The lowest BCUT2D eigenvalue weighted by Gasteiger charge is -2.11. The second kappa shape index (κ2) is 6.13. The number of nitrogens with zero attached hydrogens (tertiary/aromatic N) is 1. The Morgan fingerprint density at radius 1 is 1.25 bits per heavy atom. The molecule has 1 fully saturated rings. The SMILES string of the molecule is CCCCN1C(=O)S/C(=C(/C)c2ccc(O)cc2)C1=O. The zero-order valence-corrected chi connectivity index (χ0v) is 12.4. The van der Waals surface area contributed by atoms with Gasteiger partial charge in [-0.1, -0.05) is 25.5 Å². The van der Waals surface area contributed by atoms with Gasteiger partial charge < -0.3 is 5.11 Å². The van der Waals surface area contributed by atoms with Crippen molar-refractivity contribution < 1.29 is 14.7 Å². The van der Waals surface area contributed by atoms with Crippen LogP contribution in [0.4, 0.5) is 4.79 Å². The Labute approximate surface area is 122 Å². The number of hydrogen-bond donors (Lipinski definition) is 1. The van der Waals surface area contributed by atoms with E-state index in [1.54, 1.807) is 24.3 Å². The summed E-state index contributed by atoms with van der Waals surface area (Å²) < 4.78 is 0. The Hall–Kier alpha value is -1.75. The van der Waals surface area contributed by atoms with E-state index in [4.69, 9.17) is 0 Å². The summed E-state index contributed by atoms with van der Waals surface area (Å²) in [7, 11) is 0. The van der Waals surface area contributed by atoms with E-state index in [0.29, 0.717) is 11.4 Å². The summed E-state index contributed by atoms with van der Waals surface area (Å²) in [5.41, 5.74) is 1.61. The van der Waals surface area contributed by atoms with Gasteiger partial charge in [-0.2, -0.15) is 0 Å². The highest BCUT2D eigenvalue weighted by Crippen LogP contribution is 2.36. The highest BCUT2D eigenvalue weighted by Gasteiger charge is 2.35. The van der Waals surface area contributed by atoms with Gasteiger partial charge in [0.1, 0.15) is 5.75 Å². The summed E-state index contributed by atoms with van der Waals surface area (Å²) in [6.07, 6.45) is 1.77. The van der Waals surface area contributed by atoms with Crippen LogP contribution in [0.2, 0.25) is 0 Å². The molecule has 0 atom stereocenters. The molecule has 2 amide bonds. The fourth-order valence-corrected chi connectivity index (χ4v) is 2.91. The molecule has 5 heteroatoms. The standard InChI is InChI=1S/C15H17NO3S/c1-3-4-9-16-14(18)13(20-15(16)19)10(2)11-5-7-12(17)8-6-11/h5-8,17H,3-4,9H2,1-2H3/b13-10-. The molecule has 1 aliphatic heterocycles. The zero-order valence-electron chi connectivity index (χ0n) is 11.5. The van der Waals surface area contributed by atoms with Gasteiger partial charge in [-0.15, -0.1) is 0 Å². The van der Waals surface area contributed by atoms with Crippen molar-refractivity contribution in [3.8, 4) is 5.75 Å². The van der Waals surface area contributed by atoms with E-state index < -0.39 is 0 Å². The molecule has 1 aromatic rings. The molecular formula is C15H17NO3S. The van der Waals surface area contributed by atoms with E-state index in [9.17, 15) is 14.7 Å². The summed E-state index contributed by atoms with van der Waals surface area (Å²) in [5, 5.41) is 9.09. The van der Waals surface area contributed by atoms with Crippen LogP contribution in [-0.4, -0.2) is 27.7 Å². The van der Waals surface area contributed by atoms with Crippen LogP contribution < -0.4 is 0 Å². The van der Waals surface area contributed by atoms with E-state index in [0.717, 1.165) is 35.7 Å². The fourth-order valence-electron chi connectivity index (χ4n) is 1.98. The smallest absolute Gasteiger partial charge is 0.293 e. The number of amides is 2. The van der Waals surface area contributed by atoms with Crippen LogP contribution in [-0.2, 0) is 4.79 Å². The monoisotopic (exact) mass is 291 g/mol. The molecule has 0 aromatic heterocycles. The molecule has 0 bridgehead atoms. The lowest BCUT2D eigenvalue weighted by molar-refractivity contribution is -0.122. The van der Waals surface area contributed by atoms with Crippen molar-refractivity contribution in [2.75, 3.05) is 6.54 Å². The van der Waals surface area contributed by atoms with Crippen LogP contribution >= 0.6 is 11.8 Å². The Morgan fingerprint density at radius 2 is 1.90 bits per heavy atom. The number of carbonyl (C=O) groups is 2. The third kappa shape index (κ3) is 2.88. The molecule has 106 valence electrons. The first-order chi connectivity index (χ1) is 9.54. The van der Waals surface area contributed by atoms with Gasteiger partial charge in [0.25, 0.3) is 11.1 Å². The van der Waals surface area contributed by atoms with E-state index in [2.05, 4.69) is 0 Å². The Kier molecular flexibility index (Phi) is 4.49. The van der Waals surface area contributed by atoms with Crippen molar-refractivity contribution >= 4 is 28.5 Å². The van der Waals surface area contributed by atoms with Crippen LogP contribution in [0, 0.1) is 0 Å². The minimum Gasteiger partial charge on any atom is -0.508 e. The van der Waals surface area contributed by atoms with Gasteiger partial charge in [-0.3, -0.25) is 14.5 Å². The summed E-state index contributed by atoms with van der Waals surface area (Å²) in [5.74, 6) is -0.0309. The van der Waals surface area contributed by atoms with Gasteiger partial charge in [-0.05, 0) is 48.4 Å². The molecule has 1 saturated heterocycles. The number of hydrogen-bond acceptors (Lipinski definition) is 4. The minimum atomic E-state index is -0.209. The third-order valence-electron chi connectivity index (χ3n) is 3.23. The first kappa shape index (κ1) is 14.7. The van der Waals surface area contributed by atoms with Gasteiger partial charge in [0.2, 0.25) is 0 Å². The van der Waals surface area contributed by atoms with Crippen molar-refractivity contribution in [3.63, 3.8) is 0 Å². The number of benzene rings is 1. The maximum absolute atomic E-state index is 12.3. The van der Waals surface area contributed by atoms with E-state index in [1.165, 1.54) is 4.90 Å². The molecular weight excluding hydrogens is 274 g/mol. The van der Waals surface area contributed by atoms with Crippen LogP contribution in [0.3, 0.4) is 0 Å². The zero-order chi connectivity index (χ0) is 14.7. The summed E-state index contributed by atoms with van der Waals surface area (Å²) in [6, 6.07) is 6.62. The molecule has 1 aliphatic rings. The molecule has 0 aliphatic carbocycles. The lowest BCUT2D eigenvalue weighted by atomic mass is 10.1. The fraction of sp³-hybridized carbons (Fsp3) is 0.333. The third-order valence-corrected chi connectivity index (χ3v) is 4.31. The normalized spacial score (nSPS) is 17.8. The number of rotatable bonds is 4. The Bertz CT molecular complexity index is 563. The summed E-state index contributed by atoms with van der Waals surface area (Å²) in [6.45, 7) is 4.33. The predicted molar refractivity (Wildman–Crippen MR) is 80.3 cm³/mol. The molecule has 0 radical (unpaired) electrons. The van der Waals surface area contributed by atoms with Crippen LogP contribution in [0.15, 0.2) is 29.2 Å². The maximum Gasteiger partial charge on any atom is 0.293 e. The van der Waals surface area contributed by atoms with E-state index >= 15 is 0 Å². The predicted octanol–water partition coefficient (Wildman–Crippen LogP) is 3.62. The summed E-state index contributed by atoms with van der Waals surface area (Å²) >= 11 is 0.994. The highest BCUT2D eigenvalue weighted by molar-refractivity contribution is 8.18. The molecule has 1 heterocycles. The number of phenolic OH excluding ortho intramolecular Hbond substituents is 1. The number of aromatic hydroxyl groups is 1. The molecule has 0 spiro atoms. The van der Waals surface area contributed by atoms with Gasteiger partial charge in [-0.25, -0.2) is 0 Å². The molecule has 0 unspecified atom stereocenters. The molecule has 4 nitrogen and oxygen atoms in total. The second-order valence-corrected chi connectivity index (χ2v) is 5.64. The average molecular weight is 291 g/mol. The molecule has 2 rings (SSSR count). The van der Waals surface area contributed by atoms with Crippen LogP contribution in [0.5, 0.6) is 5.75 Å². The van der Waals surface area contributed by atoms with Crippen molar-refractivity contribution in [3.05, 3.63) is 34.7 Å². The Balaban J connectivity index is 2.28. The maximum atomic E-state index is 12.3. The number of phenols is 1. The van der Waals surface area contributed by atoms with Crippen molar-refractivity contribution in [1.29, 1.82) is 0 Å². The molecule has 0 saturated carbocycles. The van der Waals surface area contributed by atoms with Gasteiger partial charge in [0.15, 0.2) is 0 Å². The number of unbranched alkanes of at least 4 members (excludes halogenated alkanes) is 1. The van der Waals surface area contributed by atoms with Gasteiger partial charge in [0.05, 0.1) is 4.91 Å². The number of allylic oxidation sites excluding steroid dienone is 1. The van der Waals surface area contributed by atoms with Crippen molar-refractivity contribution in [2.24, 2.45) is 0 Å².